The van der Waals surface area contributed by atoms with Gasteiger partial charge in [0.15, 0.2) is 0 Å². The Morgan fingerprint density at radius 1 is 1.29 bits per heavy atom. The summed E-state index contributed by atoms with van der Waals surface area (Å²) in [4.78, 5) is 1.13. The minimum atomic E-state index is 0.732. The van der Waals surface area contributed by atoms with Gasteiger partial charge in [0.25, 0.3) is 0 Å². The van der Waals surface area contributed by atoms with Crippen LogP contribution in [0.1, 0.15) is 16.8 Å². The molecule has 0 amide bonds. The van der Waals surface area contributed by atoms with Crippen LogP contribution in [0.2, 0.25) is 0 Å². The van der Waals surface area contributed by atoms with Crippen LogP contribution >= 0.6 is 11.8 Å². The van der Waals surface area contributed by atoms with Gasteiger partial charge in [-0.05, 0) is 43.7 Å². The normalized spacial score (nSPS) is 10.2. The quantitative estimate of drug-likeness (QED) is 0.814. The average molecular weight is 243 g/mol. The number of hydrogen-bond donors (Lipinski definition) is 0. The molecule has 2 rings (SSSR count). The Hall–Kier alpha value is -1.73. The van der Waals surface area contributed by atoms with E-state index in [0.717, 1.165) is 26.7 Å². The van der Waals surface area contributed by atoms with Crippen molar-refractivity contribution in [2.75, 3.05) is 0 Å². The Labute approximate surface area is 105 Å². The van der Waals surface area contributed by atoms with E-state index >= 15 is 0 Å². The van der Waals surface area contributed by atoms with Gasteiger partial charge >= 0.3 is 0 Å². The van der Waals surface area contributed by atoms with Crippen molar-refractivity contribution in [2.24, 2.45) is 7.05 Å². The van der Waals surface area contributed by atoms with Gasteiger partial charge in [0.2, 0.25) is 0 Å². The Balaban J connectivity index is 2.28. The first kappa shape index (κ1) is 11.7. The van der Waals surface area contributed by atoms with Gasteiger partial charge in [-0.25, -0.2) is 0 Å². The van der Waals surface area contributed by atoms with Crippen LogP contribution in [0.5, 0.6) is 0 Å². The van der Waals surface area contributed by atoms with Gasteiger partial charge in [-0.2, -0.15) is 10.4 Å². The van der Waals surface area contributed by atoms with Crippen molar-refractivity contribution in [3.8, 4) is 6.07 Å². The maximum absolute atomic E-state index is 8.88. The van der Waals surface area contributed by atoms with Crippen molar-refractivity contribution in [2.45, 2.75) is 23.8 Å². The van der Waals surface area contributed by atoms with Crippen molar-refractivity contribution >= 4 is 11.8 Å². The summed E-state index contributed by atoms with van der Waals surface area (Å²) in [5, 5.41) is 14.3. The first-order valence-corrected chi connectivity index (χ1v) is 6.11. The highest BCUT2D eigenvalue weighted by molar-refractivity contribution is 7.99. The lowest BCUT2D eigenvalue weighted by molar-refractivity contribution is 0.692. The zero-order chi connectivity index (χ0) is 12.4. The van der Waals surface area contributed by atoms with Gasteiger partial charge in [-0.1, -0.05) is 11.8 Å². The van der Waals surface area contributed by atoms with E-state index in [2.05, 4.69) is 17.2 Å². The summed E-state index contributed by atoms with van der Waals surface area (Å²) < 4.78 is 1.87. The summed E-state index contributed by atoms with van der Waals surface area (Å²) in [5.74, 6) is 0. The minimum absolute atomic E-state index is 0.732. The third-order valence-corrected chi connectivity index (χ3v) is 3.58. The van der Waals surface area contributed by atoms with E-state index in [9.17, 15) is 0 Å². The second-order valence-electron chi connectivity index (χ2n) is 3.94. The summed E-state index contributed by atoms with van der Waals surface area (Å²) in [7, 11) is 1.94. The van der Waals surface area contributed by atoms with E-state index in [1.54, 1.807) is 11.8 Å². The highest BCUT2D eigenvalue weighted by Crippen LogP contribution is 2.29. The fraction of sp³-hybridized carbons (Fsp3) is 0.231. The van der Waals surface area contributed by atoms with Gasteiger partial charge in [-0.3, -0.25) is 4.68 Å². The molecule has 0 spiro atoms. The van der Waals surface area contributed by atoms with Crippen molar-refractivity contribution in [1.82, 2.24) is 9.78 Å². The molecular weight excluding hydrogens is 230 g/mol. The summed E-state index contributed by atoms with van der Waals surface area (Å²) >= 11 is 1.66. The topological polar surface area (TPSA) is 41.6 Å². The van der Waals surface area contributed by atoms with Crippen LogP contribution in [-0.2, 0) is 7.05 Å². The molecule has 0 bridgehead atoms. The van der Waals surface area contributed by atoms with Crippen LogP contribution in [0.25, 0.3) is 0 Å². The molecule has 0 aliphatic rings. The molecule has 4 heteroatoms. The monoisotopic (exact) mass is 243 g/mol. The van der Waals surface area contributed by atoms with Crippen LogP contribution in [0.4, 0.5) is 0 Å². The number of benzene rings is 1. The predicted molar refractivity (Wildman–Crippen MR) is 68.0 cm³/mol. The first-order chi connectivity index (χ1) is 8.10. The third-order valence-electron chi connectivity index (χ3n) is 2.50. The molecule has 0 N–H and O–H groups in total. The molecule has 0 saturated heterocycles. The summed E-state index contributed by atoms with van der Waals surface area (Å²) in [6, 6.07) is 10.1. The Morgan fingerprint density at radius 2 is 2.06 bits per heavy atom. The molecule has 0 unspecified atom stereocenters. The van der Waals surface area contributed by atoms with E-state index in [4.69, 9.17) is 5.26 Å². The van der Waals surface area contributed by atoms with Crippen molar-refractivity contribution in [3.63, 3.8) is 0 Å². The van der Waals surface area contributed by atoms with Crippen LogP contribution in [0, 0.1) is 25.2 Å². The number of nitrogens with zero attached hydrogens (tertiary/aromatic N) is 3. The SMILES string of the molecule is Cc1cc(Sc2ccc(C#N)c(C)c2)n(C)n1. The summed E-state index contributed by atoms with van der Waals surface area (Å²) in [5.41, 5.74) is 2.76. The molecule has 0 radical (unpaired) electrons. The van der Waals surface area contributed by atoms with E-state index in [0.29, 0.717) is 0 Å². The standard InChI is InChI=1S/C13H13N3S/c1-9-6-12(5-4-11(9)8-14)17-13-7-10(2)15-16(13)3/h4-7H,1-3H3. The predicted octanol–water partition coefficient (Wildman–Crippen LogP) is 3.06. The number of rotatable bonds is 2. The van der Waals surface area contributed by atoms with Crippen LogP contribution in [0.3, 0.4) is 0 Å². The molecular formula is C13H13N3S. The van der Waals surface area contributed by atoms with Crippen molar-refractivity contribution < 1.29 is 0 Å². The van der Waals surface area contributed by atoms with Crippen LogP contribution in [-0.4, -0.2) is 9.78 Å². The number of aryl methyl sites for hydroxylation is 3. The lowest BCUT2D eigenvalue weighted by Crippen LogP contribution is -1.92. The Bertz CT molecular complexity index is 593. The molecule has 1 aromatic carbocycles. The molecule has 0 aliphatic carbocycles. The zero-order valence-electron chi connectivity index (χ0n) is 10.1. The van der Waals surface area contributed by atoms with Gasteiger partial charge in [0.05, 0.1) is 22.4 Å². The van der Waals surface area contributed by atoms with Crippen LogP contribution < -0.4 is 0 Å². The molecule has 86 valence electrons. The third kappa shape index (κ3) is 2.51. The average Bonchev–Trinajstić information content (AvgIpc) is 2.58. The number of aromatic nitrogens is 2. The molecule has 0 fully saturated rings. The first-order valence-electron chi connectivity index (χ1n) is 5.29. The molecule has 0 saturated carbocycles. The molecule has 17 heavy (non-hydrogen) atoms. The van der Waals surface area contributed by atoms with Gasteiger partial charge < -0.3 is 0 Å². The van der Waals surface area contributed by atoms with E-state index in [1.807, 2.05) is 43.8 Å². The molecule has 3 nitrogen and oxygen atoms in total. The maximum Gasteiger partial charge on any atom is 0.0994 e. The summed E-state index contributed by atoms with van der Waals surface area (Å²) in [6.07, 6.45) is 0. The van der Waals surface area contributed by atoms with Gasteiger partial charge in [-0.15, -0.1) is 0 Å². The van der Waals surface area contributed by atoms with Crippen molar-refractivity contribution in [3.05, 3.63) is 41.1 Å². The molecule has 0 aliphatic heterocycles. The van der Waals surface area contributed by atoms with Crippen LogP contribution in [0.15, 0.2) is 34.2 Å². The van der Waals surface area contributed by atoms with Crippen molar-refractivity contribution in [1.29, 1.82) is 5.26 Å². The largest absolute Gasteiger partial charge is 0.262 e. The van der Waals surface area contributed by atoms with Gasteiger partial charge in [0.1, 0.15) is 0 Å². The maximum atomic E-state index is 8.88. The number of nitriles is 1. The Morgan fingerprint density at radius 3 is 2.59 bits per heavy atom. The molecule has 2 aromatic rings. The summed E-state index contributed by atoms with van der Waals surface area (Å²) in [6.45, 7) is 3.94. The fourth-order valence-corrected chi connectivity index (χ4v) is 2.64. The van der Waals surface area contributed by atoms with E-state index in [-0.39, 0.29) is 0 Å². The number of hydrogen-bond acceptors (Lipinski definition) is 3. The highest BCUT2D eigenvalue weighted by atomic mass is 32.2. The molecule has 1 heterocycles. The second-order valence-corrected chi connectivity index (χ2v) is 5.03. The van der Waals surface area contributed by atoms with E-state index in [1.165, 1.54) is 0 Å². The lowest BCUT2D eigenvalue weighted by Gasteiger charge is -2.03. The lowest BCUT2D eigenvalue weighted by atomic mass is 10.1. The minimum Gasteiger partial charge on any atom is -0.262 e. The van der Waals surface area contributed by atoms with Gasteiger partial charge in [0, 0.05) is 11.9 Å². The fourth-order valence-electron chi connectivity index (χ4n) is 1.63. The highest BCUT2D eigenvalue weighted by Gasteiger charge is 2.05. The Kier molecular flexibility index (Phi) is 3.21. The second kappa shape index (κ2) is 4.64. The molecule has 0 atom stereocenters. The smallest absolute Gasteiger partial charge is 0.0994 e. The zero-order valence-corrected chi connectivity index (χ0v) is 10.9. The molecule has 1 aromatic heterocycles. The van der Waals surface area contributed by atoms with E-state index < -0.39 is 0 Å².